The molecule has 7 nitrogen and oxygen atoms in total. The summed E-state index contributed by atoms with van der Waals surface area (Å²) in [4.78, 5) is 22.6. The van der Waals surface area contributed by atoms with Crippen LogP contribution in [0.3, 0.4) is 0 Å². The van der Waals surface area contributed by atoms with Gasteiger partial charge in [-0.15, -0.1) is 0 Å². The Morgan fingerprint density at radius 3 is 2.44 bits per heavy atom. The van der Waals surface area contributed by atoms with Crippen LogP contribution in [0, 0.1) is 10.1 Å². The second kappa shape index (κ2) is 6.96. The van der Waals surface area contributed by atoms with E-state index in [9.17, 15) is 14.9 Å². The van der Waals surface area contributed by atoms with Gasteiger partial charge in [0, 0.05) is 17.7 Å². The van der Waals surface area contributed by atoms with Gasteiger partial charge >= 0.3 is 0 Å². The quantitative estimate of drug-likeness (QED) is 0.299. The molecule has 0 fully saturated rings. The molecule has 0 saturated heterocycles. The molecule has 7 heteroatoms. The number of hydrogen-bond acceptors (Lipinski definition) is 4. The van der Waals surface area contributed by atoms with Crippen molar-refractivity contribution in [1.82, 2.24) is 4.57 Å². The van der Waals surface area contributed by atoms with E-state index < -0.39 is 4.92 Å². The summed E-state index contributed by atoms with van der Waals surface area (Å²) in [5.41, 5.74) is 1.43. The highest BCUT2D eigenvalue weighted by atomic mass is 16.6. The lowest BCUT2D eigenvalue weighted by molar-refractivity contribution is -0.682. The fourth-order valence-corrected chi connectivity index (χ4v) is 2.42. The molecule has 0 aliphatic heterocycles. The number of ether oxygens (including phenoxy) is 1. The van der Waals surface area contributed by atoms with Crippen LogP contribution in [0.1, 0.15) is 10.4 Å². The van der Waals surface area contributed by atoms with Crippen LogP contribution in [0.25, 0.3) is 5.69 Å². The van der Waals surface area contributed by atoms with Crippen LogP contribution in [-0.2, 0) is 6.54 Å². The Balaban J connectivity index is 1.72. The Kier molecular flexibility index (Phi) is 4.56. The van der Waals surface area contributed by atoms with Gasteiger partial charge in [-0.2, -0.15) is 0 Å². The highest BCUT2D eigenvalue weighted by Crippen LogP contribution is 2.15. The van der Waals surface area contributed by atoms with E-state index in [-0.39, 0.29) is 18.0 Å². The molecule has 3 rings (SSSR count). The minimum Gasteiger partial charge on any atom is -0.497 e. The molecule has 126 valence electrons. The van der Waals surface area contributed by atoms with E-state index in [4.69, 9.17) is 4.74 Å². The number of carbonyl (C=O) groups excluding carboxylic acids is 1. The van der Waals surface area contributed by atoms with Gasteiger partial charge < -0.3 is 4.74 Å². The van der Waals surface area contributed by atoms with Crippen molar-refractivity contribution in [1.29, 1.82) is 0 Å². The molecule has 0 unspecified atom stereocenters. The molecule has 25 heavy (non-hydrogen) atoms. The number of non-ortho nitro benzene ring substituents is 1. The van der Waals surface area contributed by atoms with Crippen LogP contribution in [0.2, 0.25) is 0 Å². The second-order valence-corrected chi connectivity index (χ2v) is 5.42. The van der Waals surface area contributed by atoms with Crippen LogP contribution in [-0.4, -0.2) is 22.4 Å². The summed E-state index contributed by atoms with van der Waals surface area (Å²) in [6, 6.07) is 13.2. The first-order chi connectivity index (χ1) is 12.1. The summed E-state index contributed by atoms with van der Waals surface area (Å²) in [5, 5.41) is 10.7. The number of nitro groups is 1. The van der Waals surface area contributed by atoms with Gasteiger partial charge in [-0.3, -0.25) is 14.9 Å². The fraction of sp³-hybridized carbons (Fsp3) is 0.111. The Bertz CT molecular complexity index is 899. The van der Waals surface area contributed by atoms with E-state index in [0.29, 0.717) is 11.3 Å². The largest absolute Gasteiger partial charge is 0.497 e. The molecule has 0 radical (unpaired) electrons. The molecule has 0 amide bonds. The SMILES string of the molecule is COc1ccc(C(=O)C[n+]2ccn(-c3ccc([N+](=O)[O-])cc3)c2)cc1. The minimum absolute atomic E-state index is 0.0193. The zero-order valence-corrected chi connectivity index (χ0v) is 13.5. The summed E-state index contributed by atoms with van der Waals surface area (Å²) < 4.78 is 8.64. The van der Waals surface area contributed by atoms with E-state index >= 15 is 0 Å². The van der Waals surface area contributed by atoms with Crippen molar-refractivity contribution in [3.63, 3.8) is 0 Å². The summed E-state index contributed by atoms with van der Waals surface area (Å²) >= 11 is 0. The zero-order valence-electron chi connectivity index (χ0n) is 13.5. The van der Waals surface area contributed by atoms with Crippen molar-refractivity contribution >= 4 is 11.5 Å². The first-order valence-electron chi connectivity index (χ1n) is 7.56. The highest BCUT2D eigenvalue weighted by molar-refractivity contribution is 5.95. The van der Waals surface area contributed by atoms with Gasteiger partial charge in [-0.1, -0.05) is 0 Å². The third-order valence-electron chi connectivity index (χ3n) is 3.79. The molecule has 3 aromatic rings. The normalized spacial score (nSPS) is 10.4. The number of imidazole rings is 1. The number of carbonyl (C=O) groups is 1. The van der Waals surface area contributed by atoms with Gasteiger partial charge in [-0.25, -0.2) is 9.13 Å². The number of aromatic nitrogens is 2. The molecule has 0 atom stereocenters. The summed E-state index contributed by atoms with van der Waals surface area (Å²) in [6.45, 7) is 0.201. The molecule has 1 heterocycles. The fourth-order valence-electron chi connectivity index (χ4n) is 2.42. The molecule has 0 saturated carbocycles. The lowest BCUT2D eigenvalue weighted by Gasteiger charge is -2.01. The summed E-state index contributed by atoms with van der Waals surface area (Å²) in [5.74, 6) is 0.683. The lowest BCUT2D eigenvalue weighted by atomic mass is 10.1. The molecule has 0 N–H and O–H groups in total. The maximum atomic E-state index is 12.3. The van der Waals surface area contributed by atoms with Crippen LogP contribution < -0.4 is 9.30 Å². The molecule has 0 aliphatic carbocycles. The van der Waals surface area contributed by atoms with Gasteiger partial charge in [-0.05, 0) is 36.4 Å². The average Bonchev–Trinajstić information content (AvgIpc) is 3.10. The second-order valence-electron chi connectivity index (χ2n) is 5.42. The Morgan fingerprint density at radius 2 is 1.84 bits per heavy atom. The first kappa shape index (κ1) is 16.4. The minimum atomic E-state index is -0.437. The van der Waals surface area contributed by atoms with Crippen molar-refractivity contribution < 1.29 is 19.0 Å². The number of nitrogens with zero attached hydrogens (tertiary/aromatic N) is 3. The van der Waals surface area contributed by atoms with Crippen LogP contribution >= 0.6 is 0 Å². The topological polar surface area (TPSA) is 78.2 Å². The van der Waals surface area contributed by atoms with Gasteiger partial charge in [0.2, 0.25) is 12.1 Å². The van der Waals surface area contributed by atoms with Gasteiger partial charge in [0.25, 0.3) is 5.69 Å². The van der Waals surface area contributed by atoms with Crippen molar-refractivity contribution in [2.45, 2.75) is 6.54 Å². The van der Waals surface area contributed by atoms with Crippen molar-refractivity contribution in [2.75, 3.05) is 7.11 Å². The average molecular weight is 338 g/mol. The van der Waals surface area contributed by atoms with E-state index in [1.165, 1.54) is 12.1 Å². The number of rotatable bonds is 6. The third-order valence-corrected chi connectivity index (χ3v) is 3.79. The monoisotopic (exact) mass is 338 g/mol. The number of nitro benzene ring substituents is 1. The Morgan fingerprint density at radius 1 is 1.16 bits per heavy atom. The molecular weight excluding hydrogens is 322 g/mol. The third kappa shape index (κ3) is 3.72. The molecule has 0 aliphatic rings. The number of benzene rings is 2. The summed E-state index contributed by atoms with van der Waals surface area (Å²) in [6.07, 6.45) is 5.34. The Labute approximate surface area is 143 Å². The molecule has 0 spiro atoms. The van der Waals surface area contributed by atoms with Crippen LogP contribution in [0.15, 0.2) is 67.3 Å². The molecule has 1 aromatic heterocycles. The van der Waals surface area contributed by atoms with Crippen LogP contribution in [0.5, 0.6) is 5.75 Å². The Hall–Kier alpha value is -3.48. The standard InChI is InChI=1S/C18H16N3O4/c1-25-17-8-2-14(3-9-17)18(22)12-19-10-11-20(13-19)15-4-6-16(7-5-15)21(23)24/h2-11,13H,12H2,1H3/q+1. The maximum absolute atomic E-state index is 12.3. The highest BCUT2D eigenvalue weighted by Gasteiger charge is 2.13. The van der Waals surface area contributed by atoms with E-state index in [1.807, 2.05) is 0 Å². The van der Waals surface area contributed by atoms with E-state index in [2.05, 4.69) is 0 Å². The van der Waals surface area contributed by atoms with Crippen molar-refractivity contribution in [3.05, 3.63) is 82.9 Å². The predicted octanol–water partition coefficient (Wildman–Crippen LogP) is 2.56. The number of ketones is 1. The number of methoxy groups -OCH3 is 1. The molecule has 0 bridgehead atoms. The van der Waals surface area contributed by atoms with Crippen molar-refractivity contribution in [2.24, 2.45) is 0 Å². The maximum Gasteiger partial charge on any atom is 0.269 e. The molecular formula is C18H16N3O4+. The van der Waals surface area contributed by atoms with Crippen LogP contribution in [0.4, 0.5) is 5.69 Å². The van der Waals surface area contributed by atoms with Gasteiger partial charge in [0.05, 0.1) is 12.0 Å². The summed E-state index contributed by atoms with van der Waals surface area (Å²) in [7, 11) is 1.58. The molecule has 2 aromatic carbocycles. The van der Waals surface area contributed by atoms with E-state index in [1.54, 1.807) is 71.4 Å². The first-order valence-corrected chi connectivity index (χ1v) is 7.56. The predicted molar refractivity (Wildman–Crippen MR) is 89.9 cm³/mol. The van der Waals surface area contributed by atoms with E-state index in [0.717, 1.165) is 5.69 Å². The van der Waals surface area contributed by atoms with Gasteiger partial charge in [0.15, 0.2) is 6.54 Å². The van der Waals surface area contributed by atoms with Gasteiger partial charge in [0.1, 0.15) is 23.8 Å². The zero-order chi connectivity index (χ0) is 17.8. The lowest BCUT2D eigenvalue weighted by Crippen LogP contribution is -2.35. The number of hydrogen-bond donors (Lipinski definition) is 0. The number of Topliss-reactive ketones (excluding diaryl/α,β-unsaturated/α-hetero) is 1. The van der Waals surface area contributed by atoms with Crippen molar-refractivity contribution in [3.8, 4) is 11.4 Å². The smallest absolute Gasteiger partial charge is 0.269 e.